The highest BCUT2D eigenvalue weighted by Gasteiger charge is 2.28. The molecule has 0 aromatic carbocycles. The van der Waals surface area contributed by atoms with E-state index < -0.39 is 0 Å². The van der Waals surface area contributed by atoms with Crippen molar-refractivity contribution in [2.75, 3.05) is 27.2 Å². The molecule has 0 radical (unpaired) electrons. The Hall–Kier alpha value is -0.940. The van der Waals surface area contributed by atoms with Gasteiger partial charge in [-0.2, -0.15) is 0 Å². The first-order chi connectivity index (χ1) is 8.08. The summed E-state index contributed by atoms with van der Waals surface area (Å²) in [6.45, 7) is 1.61. The fourth-order valence-corrected chi connectivity index (χ4v) is 2.38. The number of likely N-dealkylation sites (tertiary alicyclic amines) is 1. The van der Waals surface area contributed by atoms with Crippen molar-refractivity contribution in [1.29, 1.82) is 0 Å². The molecule has 1 saturated heterocycles. The van der Waals surface area contributed by atoms with Crippen molar-refractivity contribution < 1.29 is 4.79 Å². The maximum atomic E-state index is 12.2. The average molecular weight is 298 g/mol. The number of hydrogen-bond donors (Lipinski definition) is 0. The zero-order valence-corrected chi connectivity index (χ0v) is 11.6. The van der Waals surface area contributed by atoms with Crippen molar-refractivity contribution in [3.8, 4) is 0 Å². The Kier molecular flexibility index (Phi) is 3.79. The number of pyridine rings is 1. The van der Waals surface area contributed by atoms with E-state index in [0.29, 0.717) is 16.3 Å². The lowest BCUT2D eigenvalue weighted by molar-refractivity contribution is 0.0777. The standard InChI is InChI=1S/C12H16BrN3O/c1-15(2)9-6-7-16(8-9)12(17)10-4-3-5-11(13)14-10/h3-5,9H,6-8H2,1-2H3. The molecular weight excluding hydrogens is 282 g/mol. The van der Waals surface area contributed by atoms with Crippen molar-refractivity contribution in [2.24, 2.45) is 0 Å². The van der Waals surface area contributed by atoms with Crippen LogP contribution >= 0.6 is 15.9 Å². The summed E-state index contributed by atoms with van der Waals surface area (Å²) < 4.78 is 0.701. The highest BCUT2D eigenvalue weighted by molar-refractivity contribution is 9.10. The second-order valence-corrected chi connectivity index (χ2v) is 5.32. The van der Waals surface area contributed by atoms with E-state index >= 15 is 0 Å². The maximum Gasteiger partial charge on any atom is 0.272 e. The molecule has 1 fully saturated rings. The lowest BCUT2D eigenvalue weighted by Crippen LogP contribution is -2.34. The van der Waals surface area contributed by atoms with Gasteiger partial charge >= 0.3 is 0 Å². The third-order valence-electron chi connectivity index (χ3n) is 3.12. The number of carbonyl (C=O) groups is 1. The first-order valence-electron chi connectivity index (χ1n) is 5.66. The number of nitrogens with zero attached hydrogens (tertiary/aromatic N) is 3. The van der Waals surface area contributed by atoms with Gasteiger partial charge in [-0.25, -0.2) is 4.98 Å². The van der Waals surface area contributed by atoms with Crippen LogP contribution in [0.15, 0.2) is 22.8 Å². The van der Waals surface area contributed by atoms with Crippen molar-refractivity contribution in [2.45, 2.75) is 12.5 Å². The number of aromatic nitrogens is 1. The molecule has 1 aromatic rings. The normalized spacial score (nSPS) is 20.0. The first-order valence-corrected chi connectivity index (χ1v) is 6.45. The van der Waals surface area contributed by atoms with E-state index in [2.05, 4.69) is 39.9 Å². The topological polar surface area (TPSA) is 36.4 Å². The summed E-state index contributed by atoms with van der Waals surface area (Å²) in [7, 11) is 4.10. The third-order valence-corrected chi connectivity index (χ3v) is 3.56. The van der Waals surface area contributed by atoms with Crippen molar-refractivity contribution in [3.63, 3.8) is 0 Å². The van der Waals surface area contributed by atoms with E-state index in [9.17, 15) is 4.79 Å². The number of amides is 1. The van der Waals surface area contributed by atoms with Crippen molar-refractivity contribution in [1.82, 2.24) is 14.8 Å². The predicted octanol–water partition coefficient (Wildman–Crippen LogP) is 1.62. The van der Waals surface area contributed by atoms with Crippen LogP contribution in [0.5, 0.6) is 0 Å². The maximum absolute atomic E-state index is 12.2. The van der Waals surface area contributed by atoms with Gasteiger partial charge in [-0.15, -0.1) is 0 Å². The van der Waals surface area contributed by atoms with E-state index in [1.807, 2.05) is 17.0 Å². The monoisotopic (exact) mass is 297 g/mol. The molecule has 1 amide bonds. The molecule has 0 spiro atoms. The molecule has 1 aliphatic rings. The molecule has 4 nitrogen and oxygen atoms in total. The molecule has 2 heterocycles. The van der Waals surface area contributed by atoms with Gasteiger partial charge < -0.3 is 9.80 Å². The number of carbonyl (C=O) groups excluding carboxylic acids is 1. The highest BCUT2D eigenvalue weighted by Crippen LogP contribution is 2.16. The minimum Gasteiger partial charge on any atom is -0.336 e. The second-order valence-electron chi connectivity index (χ2n) is 4.50. The average Bonchev–Trinajstić information content (AvgIpc) is 2.77. The largest absolute Gasteiger partial charge is 0.336 e. The summed E-state index contributed by atoms with van der Waals surface area (Å²) in [5, 5.41) is 0. The minimum atomic E-state index is 0.0238. The number of hydrogen-bond acceptors (Lipinski definition) is 3. The number of likely N-dealkylation sites (N-methyl/N-ethyl adjacent to an activating group) is 1. The van der Waals surface area contributed by atoms with E-state index in [4.69, 9.17) is 0 Å². The van der Waals surface area contributed by atoms with Crippen molar-refractivity contribution in [3.05, 3.63) is 28.5 Å². The molecule has 1 aromatic heterocycles. The summed E-state index contributed by atoms with van der Waals surface area (Å²) in [6.07, 6.45) is 1.03. The van der Waals surface area contributed by atoms with Gasteiger partial charge in [0.15, 0.2) is 0 Å². The molecule has 0 saturated carbocycles. The van der Waals surface area contributed by atoms with Crippen LogP contribution in [-0.2, 0) is 0 Å². The van der Waals surface area contributed by atoms with E-state index in [-0.39, 0.29) is 5.91 Å². The van der Waals surface area contributed by atoms with Crippen LogP contribution in [0.2, 0.25) is 0 Å². The van der Waals surface area contributed by atoms with Crippen LogP contribution in [0.1, 0.15) is 16.9 Å². The molecule has 0 N–H and O–H groups in total. The molecule has 1 atom stereocenters. The molecule has 17 heavy (non-hydrogen) atoms. The summed E-state index contributed by atoms with van der Waals surface area (Å²) in [5.74, 6) is 0.0238. The van der Waals surface area contributed by atoms with E-state index in [0.717, 1.165) is 19.5 Å². The number of rotatable bonds is 2. The Morgan fingerprint density at radius 3 is 2.88 bits per heavy atom. The van der Waals surface area contributed by atoms with Gasteiger partial charge in [-0.3, -0.25) is 4.79 Å². The second kappa shape index (κ2) is 5.14. The lowest BCUT2D eigenvalue weighted by atomic mass is 10.2. The lowest BCUT2D eigenvalue weighted by Gasteiger charge is -2.20. The van der Waals surface area contributed by atoms with E-state index in [1.54, 1.807) is 6.07 Å². The zero-order chi connectivity index (χ0) is 12.4. The first kappa shape index (κ1) is 12.5. The van der Waals surface area contributed by atoms with Crippen molar-refractivity contribution >= 4 is 21.8 Å². The van der Waals surface area contributed by atoms with Crippen LogP contribution < -0.4 is 0 Å². The zero-order valence-electron chi connectivity index (χ0n) is 10.1. The Balaban J connectivity index is 2.07. The quantitative estimate of drug-likeness (QED) is 0.779. The van der Waals surface area contributed by atoms with Crippen LogP contribution in [0.4, 0.5) is 0 Å². The number of halogens is 1. The molecule has 1 unspecified atom stereocenters. The van der Waals surface area contributed by atoms with Crippen LogP contribution in [0, 0.1) is 0 Å². The van der Waals surface area contributed by atoms with Gasteiger partial charge in [0.25, 0.3) is 5.91 Å². The van der Waals surface area contributed by atoms with Crippen LogP contribution in [-0.4, -0.2) is 53.9 Å². The van der Waals surface area contributed by atoms with Gasteiger partial charge in [-0.05, 0) is 48.6 Å². The van der Waals surface area contributed by atoms with Crippen LogP contribution in [0.3, 0.4) is 0 Å². The summed E-state index contributed by atoms with van der Waals surface area (Å²) in [6, 6.07) is 5.88. The SMILES string of the molecule is CN(C)C1CCN(C(=O)c2cccc(Br)n2)C1. The molecule has 5 heteroatoms. The summed E-state index contributed by atoms with van der Waals surface area (Å²) in [4.78, 5) is 20.4. The summed E-state index contributed by atoms with van der Waals surface area (Å²) >= 11 is 3.28. The molecule has 0 aliphatic carbocycles. The van der Waals surface area contributed by atoms with Gasteiger partial charge in [-0.1, -0.05) is 6.07 Å². The summed E-state index contributed by atoms with van der Waals surface area (Å²) in [5.41, 5.74) is 0.513. The Morgan fingerprint density at radius 1 is 1.53 bits per heavy atom. The van der Waals surface area contributed by atoms with Gasteiger partial charge in [0, 0.05) is 19.1 Å². The fraction of sp³-hybridized carbons (Fsp3) is 0.500. The Labute approximate surface area is 110 Å². The van der Waals surface area contributed by atoms with Gasteiger partial charge in [0.1, 0.15) is 10.3 Å². The molecule has 1 aliphatic heterocycles. The fourth-order valence-electron chi connectivity index (χ4n) is 2.04. The Morgan fingerprint density at radius 2 is 2.29 bits per heavy atom. The Bertz CT molecular complexity index is 422. The van der Waals surface area contributed by atoms with Crippen LogP contribution in [0.25, 0.3) is 0 Å². The molecule has 0 bridgehead atoms. The molecule has 92 valence electrons. The molecule has 2 rings (SSSR count). The van der Waals surface area contributed by atoms with E-state index in [1.165, 1.54) is 0 Å². The third kappa shape index (κ3) is 2.84. The van der Waals surface area contributed by atoms with Gasteiger partial charge in [0.2, 0.25) is 0 Å². The predicted molar refractivity (Wildman–Crippen MR) is 69.9 cm³/mol. The highest BCUT2D eigenvalue weighted by atomic mass is 79.9. The smallest absolute Gasteiger partial charge is 0.272 e. The van der Waals surface area contributed by atoms with Gasteiger partial charge in [0.05, 0.1) is 0 Å². The molecular formula is C12H16BrN3O. The minimum absolute atomic E-state index is 0.0238.